The van der Waals surface area contributed by atoms with Crippen LogP contribution in [0, 0.1) is 6.92 Å². The van der Waals surface area contributed by atoms with E-state index in [2.05, 4.69) is 25.6 Å². The molecular formula is C19H15N5O3. The number of rotatable bonds is 5. The summed E-state index contributed by atoms with van der Waals surface area (Å²) in [6.45, 7) is 1.78. The number of carbonyl (C=O) groups is 1. The Morgan fingerprint density at radius 1 is 1.00 bits per heavy atom. The van der Waals surface area contributed by atoms with Gasteiger partial charge in [-0.2, -0.15) is 4.98 Å². The Morgan fingerprint density at radius 3 is 2.56 bits per heavy atom. The standard InChI is InChI=1S/C19H15N5O3/c1-12-16(17(23-26-12)13-7-9-20-10-8-13)19(25)21-11-15-22-18(24-27-15)14-5-3-2-4-6-14/h2-10H,11H2,1H3,(H,21,25). The molecule has 8 heteroatoms. The van der Waals surface area contributed by atoms with E-state index < -0.39 is 0 Å². The minimum Gasteiger partial charge on any atom is -0.360 e. The number of nitrogens with zero attached hydrogens (tertiary/aromatic N) is 4. The summed E-state index contributed by atoms with van der Waals surface area (Å²) in [7, 11) is 0. The maximum absolute atomic E-state index is 12.7. The number of hydrogen-bond donors (Lipinski definition) is 1. The number of aryl methyl sites for hydroxylation is 1. The lowest BCUT2D eigenvalue weighted by Crippen LogP contribution is -2.23. The quantitative estimate of drug-likeness (QED) is 0.582. The summed E-state index contributed by atoms with van der Waals surface area (Å²) < 4.78 is 10.4. The average Bonchev–Trinajstić information content (AvgIpc) is 3.34. The van der Waals surface area contributed by atoms with E-state index in [1.807, 2.05) is 30.3 Å². The summed E-state index contributed by atoms with van der Waals surface area (Å²) in [5.41, 5.74) is 2.41. The van der Waals surface area contributed by atoms with Gasteiger partial charge in [0.2, 0.25) is 11.7 Å². The van der Waals surface area contributed by atoms with Crippen molar-refractivity contribution in [3.8, 4) is 22.6 Å². The summed E-state index contributed by atoms with van der Waals surface area (Å²) in [5.74, 6) is 0.870. The Bertz CT molecular complexity index is 1060. The molecule has 4 aromatic rings. The van der Waals surface area contributed by atoms with Crippen molar-refractivity contribution in [1.82, 2.24) is 25.6 Å². The number of aromatic nitrogens is 4. The summed E-state index contributed by atoms with van der Waals surface area (Å²) in [6, 6.07) is 13.0. The fourth-order valence-corrected chi connectivity index (χ4v) is 2.62. The van der Waals surface area contributed by atoms with Crippen LogP contribution in [0.3, 0.4) is 0 Å². The fraction of sp³-hybridized carbons (Fsp3) is 0.105. The third kappa shape index (κ3) is 3.45. The van der Waals surface area contributed by atoms with Crippen LogP contribution >= 0.6 is 0 Å². The molecule has 134 valence electrons. The van der Waals surface area contributed by atoms with E-state index in [9.17, 15) is 4.79 Å². The number of hydrogen-bond acceptors (Lipinski definition) is 7. The van der Waals surface area contributed by atoms with Gasteiger partial charge < -0.3 is 14.4 Å². The molecule has 0 aliphatic heterocycles. The van der Waals surface area contributed by atoms with E-state index >= 15 is 0 Å². The Kier molecular flexibility index (Phi) is 4.44. The molecule has 0 fully saturated rings. The van der Waals surface area contributed by atoms with Gasteiger partial charge in [0.05, 0.1) is 6.54 Å². The summed E-state index contributed by atoms with van der Waals surface area (Å²) >= 11 is 0. The lowest BCUT2D eigenvalue weighted by Gasteiger charge is -2.03. The van der Waals surface area contributed by atoms with Crippen LogP contribution in [0.5, 0.6) is 0 Å². The first-order valence-electron chi connectivity index (χ1n) is 8.25. The largest absolute Gasteiger partial charge is 0.360 e. The number of amides is 1. The molecule has 0 saturated heterocycles. The molecular weight excluding hydrogens is 346 g/mol. The molecule has 1 amide bonds. The van der Waals surface area contributed by atoms with Crippen LogP contribution in [-0.4, -0.2) is 26.2 Å². The highest BCUT2D eigenvalue weighted by Gasteiger charge is 2.22. The van der Waals surface area contributed by atoms with Crippen molar-refractivity contribution in [2.75, 3.05) is 0 Å². The number of benzene rings is 1. The average molecular weight is 361 g/mol. The predicted octanol–water partition coefficient (Wildman–Crippen LogP) is 3.03. The Hall–Kier alpha value is -3.81. The zero-order valence-electron chi connectivity index (χ0n) is 14.4. The van der Waals surface area contributed by atoms with E-state index in [0.29, 0.717) is 28.7 Å². The van der Waals surface area contributed by atoms with Crippen LogP contribution in [-0.2, 0) is 6.54 Å². The minimum atomic E-state index is -0.333. The van der Waals surface area contributed by atoms with Crippen molar-refractivity contribution in [2.45, 2.75) is 13.5 Å². The van der Waals surface area contributed by atoms with Gasteiger partial charge in [-0.3, -0.25) is 9.78 Å². The molecule has 27 heavy (non-hydrogen) atoms. The third-order valence-corrected chi connectivity index (χ3v) is 3.94. The molecule has 0 atom stereocenters. The lowest BCUT2D eigenvalue weighted by molar-refractivity contribution is 0.0945. The van der Waals surface area contributed by atoms with Crippen molar-refractivity contribution >= 4 is 5.91 Å². The molecule has 1 aromatic carbocycles. The zero-order chi connectivity index (χ0) is 18.6. The van der Waals surface area contributed by atoms with Gasteiger partial charge >= 0.3 is 0 Å². The van der Waals surface area contributed by atoms with E-state index in [4.69, 9.17) is 9.05 Å². The highest BCUT2D eigenvalue weighted by molar-refractivity contribution is 6.00. The Morgan fingerprint density at radius 2 is 1.78 bits per heavy atom. The highest BCUT2D eigenvalue weighted by atomic mass is 16.5. The Balaban J connectivity index is 1.50. The van der Waals surface area contributed by atoms with Gasteiger partial charge in [-0.15, -0.1) is 0 Å². The molecule has 0 saturated carbocycles. The van der Waals surface area contributed by atoms with Crippen molar-refractivity contribution in [2.24, 2.45) is 0 Å². The summed E-state index contributed by atoms with van der Waals surface area (Å²) in [5, 5.41) is 10.7. The number of carbonyl (C=O) groups excluding carboxylic acids is 1. The SMILES string of the molecule is Cc1onc(-c2ccncc2)c1C(=O)NCc1nc(-c2ccccc2)no1. The monoisotopic (exact) mass is 361 g/mol. The van der Waals surface area contributed by atoms with Crippen molar-refractivity contribution in [3.05, 3.63) is 72.1 Å². The smallest absolute Gasteiger partial charge is 0.257 e. The van der Waals surface area contributed by atoms with Gasteiger partial charge in [-0.25, -0.2) is 0 Å². The van der Waals surface area contributed by atoms with Crippen molar-refractivity contribution in [3.63, 3.8) is 0 Å². The molecule has 0 spiro atoms. The summed E-state index contributed by atoms with van der Waals surface area (Å²) in [6.07, 6.45) is 3.26. The number of pyridine rings is 1. The fourth-order valence-electron chi connectivity index (χ4n) is 2.62. The zero-order valence-corrected chi connectivity index (χ0v) is 14.4. The maximum atomic E-state index is 12.7. The normalized spacial score (nSPS) is 10.7. The second-order valence-corrected chi connectivity index (χ2v) is 5.76. The molecule has 4 rings (SSSR count). The molecule has 0 radical (unpaired) electrons. The summed E-state index contributed by atoms with van der Waals surface area (Å²) in [4.78, 5) is 20.9. The van der Waals surface area contributed by atoms with Crippen LogP contribution in [0.25, 0.3) is 22.6 Å². The molecule has 0 unspecified atom stereocenters. The maximum Gasteiger partial charge on any atom is 0.257 e. The highest BCUT2D eigenvalue weighted by Crippen LogP contribution is 2.24. The van der Waals surface area contributed by atoms with Crippen LogP contribution in [0.2, 0.25) is 0 Å². The van der Waals surface area contributed by atoms with Crippen molar-refractivity contribution in [1.29, 1.82) is 0 Å². The molecule has 0 bridgehead atoms. The van der Waals surface area contributed by atoms with Crippen molar-refractivity contribution < 1.29 is 13.8 Å². The van der Waals surface area contributed by atoms with E-state index in [1.54, 1.807) is 31.5 Å². The molecule has 1 N–H and O–H groups in total. The van der Waals surface area contributed by atoms with Crippen LogP contribution < -0.4 is 5.32 Å². The van der Waals surface area contributed by atoms with E-state index in [0.717, 1.165) is 11.1 Å². The third-order valence-electron chi connectivity index (χ3n) is 3.94. The second kappa shape index (κ2) is 7.20. The molecule has 0 aliphatic carbocycles. The molecule has 3 heterocycles. The van der Waals surface area contributed by atoms with Crippen LogP contribution in [0.15, 0.2) is 63.9 Å². The number of nitrogens with one attached hydrogen (secondary N) is 1. The van der Waals surface area contributed by atoms with E-state index in [-0.39, 0.29) is 12.5 Å². The topological polar surface area (TPSA) is 107 Å². The first kappa shape index (κ1) is 16.6. The molecule has 3 aromatic heterocycles. The molecule has 8 nitrogen and oxygen atoms in total. The van der Waals surface area contributed by atoms with Crippen LogP contribution in [0.4, 0.5) is 0 Å². The molecule has 0 aliphatic rings. The van der Waals surface area contributed by atoms with Gasteiger partial charge in [-0.1, -0.05) is 40.6 Å². The predicted molar refractivity (Wildman–Crippen MR) is 95.4 cm³/mol. The van der Waals surface area contributed by atoms with Crippen LogP contribution in [0.1, 0.15) is 22.0 Å². The minimum absolute atomic E-state index is 0.0963. The Labute approximate surface area is 154 Å². The first-order chi connectivity index (χ1) is 13.2. The first-order valence-corrected chi connectivity index (χ1v) is 8.25. The second-order valence-electron chi connectivity index (χ2n) is 5.76. The van der Waals surface area contributed by atoms with Gasteiger partial charge in [0.15, 0.2) is 0 Å². The van der Waals surface area contributed by atoms with Gasteiger partial charge in [0.25, 0.3) is 5.91 Å². The van der Waals surface area contributed by atoms with Gasteiger partial charge in [0, 0.05) is 23.5 Å². The van der Waals surface area contributed by atoms with Gasteiger partial charge in [0.1, 0.15) is 17.0 Å². The van der Waals surface area contributed by atoms with Gasteiger partial charge in [-0.05, 0) is 19.1 Å². The lowest BCUT2D eigenvalue weighted by atomic mass is 10.1. The van der Waals surface area contributed by atoms with E-state index in [1.165, 1.54) is 0 Å².